The summed E-state index contributed by atoms with van der Waals surface area (Å²) in [5.74, 6) is 0. The number of rotatable bonds is 2. The molecule has 1 aromatic carbocycles. The lowest BCUT2D eigenvalue weighted by atomic mass is 9.93. The van der Waals surface area contributed by atoms with E-state index in [1.165, 1.54) is 0 Å². The van der Waals surface area contributed by atoms with Gasteiger partial charge in [0.25, 0.3) is 0 Å². The average Bonchev–Trinajstić information content (AvgIpc) is 2.26. The summed E-state index contributed by atoms with van der Waals surface area (Å²) >= 11 is 0. The van der Waals surface area contributed by atoms with Gasteiger partial charge in [-0.1, -0.05) is 0 Å². The summed E-state index contributed by atoms with van der Waals surface area (Å²) in [7, 11) is 0. The number of nitriles is 1. The number of nitrogens with one attached hydrogen (secondary N) is 2. The Morgan fingerprint density at radius 3 is 2.82 bits per heavy atom. The minimum atomic E-state index is -0.268. The fourth-order valence-electron chi connectivity index (χ4n) is 1.66. The first-order valence-corrected chi connectivity index (χ1v) is 5.56. The molecule has 4 N–H and O–H groups in total. The molecule has 17 heavy (non-hydrogen) atoms. The third kappa shape index (κ3) is 2.67. The molecule has 0 saturated heterocycles. The largest absolute Gasteiger partial charge is 0.399 e. The van der Waals surface area contributed by atoms with Gasteiger partial charge in [-0.15, -0.1) is 0 Å². The van der Waals surface area contributed by atoms with Crippen molar-refractivity contribution in [1.29, 1.82) is 5.26 Å². The van der Waals surface area contributed by atoms with Gasteiger partial charge in [-0.25, -0.2) is 4.79 Å². The van der Waals surface area contributed by atoms with Gasteiger partial charge in [-0.2, -0.15) is 5.26 Å². The van der Waals surface area contributed by atoms with Crippen LogP contribution in [0.2, 0.25) is 0 Å². The van der Waals surface area contributed by atoms with Crippen molar-refractivity contribution < 1.29 is 4.79 Å². The fraction of sp³-hybridized carbons (Fsp3) is 0.333. The molecule has 0 spiro atoms. The normalized spacial score (nSPS) is 14.5. The molecule has 0 bridgehead atoms. The number of amides is 2. The van der Waals surface area contributed by atoms with Crippen molar-refractivity contribution in [3.05, 3.63) is 23.8 Å². The van der Waals surface area contributed by atoms with E-state index >= 15 is 0 Å². The van der Waals surface area contributed by atoms with Crippen LogP contribution in [0.25, 0.3) is 0 Å². The molecule has 2 amide bonds. The summed E-state index contributed by atoms with van der Waals surface area (Å²) in [6, 6.07) is 6.83. The maximum atomic E-state index is 11.6. The van der Waals surface area contributed by atoms with E-state index in [1.54, 1.807) is 18.2 Å². The number of nitrogen functional groups attached to an aromatic ring is 1. The van der Waals surface area contributed by atoms with Crippen molar-refractivity contribution in [3.8, 4) is 6.07 Å². The molecule has 0 atom stereocenters. The quantitative estimate of drug-likeness (QED) is 0.677. The van der Waals surface area contributed by atoms with E-state index in [1.807, 2.05) is 6.07 Å². The number of hydrogen-bond acceptors (Lipinski definition) is 3. The van der Waals surface area contributed by atoms with Crippen LogP contribution in [0.4, 0.5) is 16.2 Å². The number of nitrogens with two attached hydrogens (primary N) is 1. The molecule has 0 unspecified atom stereocenters. The van der Waals surface area contributed by atoms with Crippen LogP contribution in [0.5, 0.6) is 0 Å². The first kappa shape index (κ1) is 11.3. The van der Waals surface area contributed by atoms with Gasteiger partial charge in [0.2, 0.25) is 0 Å². The monoisotopic (exact) mass is 230 g/mol. The first-order valence-electron chi connectivity index (χ1n) is 5.56. The van der Waals surface area contributed by atoms with Crippen LogP contribution < -0.4 is 16.4 Å². The zero-order chi connectivity index (χ0) is 12.3. The lowest BCUT2D eigenvalue weighted by Gasteiger charge is -2.26. The molecule has 1 aliphatic rings. The second-order valence-electron chi connectivity index (χ2n) is 4.14. The molecule has 1 aromatic rings. The summed E-state index contributed by atoms with van der Waals surface area (Å²) in [4.78, 5) is 11.6. The van der Waals surface area contributed by atoms with Gasteiger partial charge in [0.1, 0.15) is 6.07 Å². The van der Waals surface area contributed by atoms with E-state index in [2.05, 4.69) is 10.6 Å². The molecule has 1 saturated carbocycles. The van der Waals surface area contributed by atoms with Crippen molar-refractivity contribution in [1.82, 2.24) is 5.32 Å². The average molecular weight is 230 g/mol. The number of carbonyl (C=O) groups is 1. The van der Waals surface area contributed by atoms with Crippen molar-refractivity contribution in [3.63, 3.8) is 0 Å². The number of hydrogen-bond donors (Lipinski definition) is 3. The molecule has 5 heteroatoms. The molecule has 1 aliphatic carbocycles. The third-order valence-electron chi connectivity index (χ3n) is 2.85. The highest BCUT2D eigenvalue weighted by Gasteiger charge is 2.19. The molecule has 88 valence electrons. The van der Waals surface area contributed by atoms with E-state index in [9.17, 15) is 4.79 Å². The van der Waals surface area contributed by atoms with Gasteiger partial charge < -0.3 is 16.4 Å². The Hall–Kier alpha value is -2.22. The Bertz CT molecular complexity index is 474. The Morgan fingerprint density at radius 2 is 2.24 bits per heavy atom. The highest BCUT2D eigenvalue weighted by atomic mass is 16.2. The predicted molar refractivity (Wildman–Crippen MR) is 65.4 cm³/mol. The Labute approximate surface area is 99.6 Å². The standard InChI is InChI=1S/C12H14N4O/c13-7-8-6-9(14)4-5-11(8)16-12(17)15-10-2-1-3-10/h4-6,10H,1-3,14H2,(H2,15,16,17). The lowest BCUT2D eigenvalue weighted by molar-refractivity contribution is 0.240. The summed E-state index contributed by atoms with van der Waals surface area (Å²) in [5, 5.41) is 14.4. The fourth-order valence-corrected chi connectivity index (χ4v) is 1.66. The second-order valence-corrected chi connectivity index (χ2v) is 4.14. The van der Waals surface area contributed by atoms with E-state index in [0.717, 1.165) is 19.3 Å². The number of carbonyl (C=O) groups excluding carboxylic acids is 1. The van der Waals surface area contributed by atoms with Gasteiger partial charge in [0.05, 0.1) is 11.3 Å². The molecule has 5 nitrogen and oxygen atoms in total. The first-order chi connectivity index (χ1) is 8.19. The molecular formula is C12H14N4O. The van der Waals surface area contributed by atoms with E-state index in [4.69, 9.17) is 11.0 Å². The minimum absolute atomic E-state index is 0.268. The highest BCUT2D eigenvalue weighted by molar-refractivity contribution is 5.91. The van der Waals surface area contributed by atoms with E-state index in [0.29, 0.717) is 16.9 Å². The van der Waals surface area contributed by atoms with Crippen molar-refractivity contribution in [2.45, 2.75) is 25.3 Å². The number of anilines is 2. The molecule has 0 radical (unpaired) electrons. The maximum absolute atomic E-state index is 11.6. The summed E-state index contributed by atoms with van der Waals surface area (Å²) < 4.78 is 0. The van der Waals surface area contributed by atoms with Gasteiger partial charge in [-0.3, -0.25) is 0 Å². The number of nitrogens with zero attached hydrogens (tertiary/aromatic N) is 1. The Morgan fingerprint density at radius 1 is 1.47 bits per heavy atom. The SMILES string of the molecule is N#Cc1cc(N)ccc1NC(=O)NC1CCC1. The lowest BCUT2D eigenvalue weighted by Crippen LogP contribution is -2.41. The second kappa shape index (κ2) is 4.74. The Balaban J connectivity index is 2.02. The summed E-state index contributed by atoms with van der Waals surface area (Å²) in [5.41, 5.74) is 6.93. The number of benzene rings is 1. The van der Waals surface area contributed by atoms with Gasteiger partial charge in [0, 0.05) is 11.7 Å². The van der Waals surface area contributed by atoms with Gasteiger partial charge in [-0.05, 0) is 37.5 Å². The van der Waals surface area contributed by atoms with Crippen LogP contribution in [0.1, 0.15) is 24.8 Å². The van der Waals surface area contributed by atoms with Crippen LogP contribution in [0.15, 0.2) is 18.2 Å². The van der Waals surface area contributed by atoms with E-state index in [-0.39, 0.29) is 12.1 Å². The van der Waals surface area contributed by atoms with Gasteiger partial charge >= 0.3 is 6.03 Å². The molecule has 0 heterocycles. The zero-order valence-corrected chi connectivity index (χ0v) is 9.36. The van der Waals surface area contributed by atoms with Crippen LogP contribution >= 0.6 is 0 Å². The maximum Gasteiger partial charge on any atom is 0.319 e. The Kier molecular flexibility index (Phi) is 3.15. The molecule has 1 fully saturated rings. The highest BCUT2D eigenvalue weighted by Crippen LogP contribution is 2.20. The smallest absolute Gasteiger partial charge is 0.319 e. The molecular weight excluding hydrogens is 216 g/mol. The van der Waals surface area contributed by atoms with Crippen LogP contribution in [-0.4, -0.2) is 12.1 Å². The summed E-state index contributed by atoms with van der Waals surface area (Å²) in [6.07, 6.45) is 3.22. The van der Waals surface area contributed by atoms with Crippen LogP contribution in [-0.2, 0) is 0 Å². The topological polar surface area (TPSA) is 90.9 Å². The van der Waals surface area contributed by atoms with Crippen molar-refractivity contribution in [2.75, 3.05) is 11.1 Å². The third-order valence-corrected chi connectivity index (χ3v) is 2.85. The van der Waals surface area contributed by atoms with E-state index < -0.39 is 0 Å². The van der Waals surface area contributed by atoms with Crippen molar-refractivity contribution in [2.24, 2.45) is 0 Å². The summed E-state index contributed by atoms with van der Waals surface area (Å²) in [6.45, 7) is 0. The minimum Gasteiger partial charge on any atom is -0.399 e. The van der Waals surface area contributed by atoms with Crippen LogP contribution in [0, 0.1) is 11.3 Å². The number of urea groups is 1. The van der Waals surface area contributed by atoms with Gasteiger partial charge in [0.15, 0.2) is 0 Å². The molecule has 2 rings (SSSR count). The predicted octanol–water partition coefficient (Wildman–Crippen LogP) is 1.81. The van der Waals surface area contributed by atoms with Crippen LogP contribution in [0.3, 0.4) is 0 Å². The molecule has 0 aromatic heterocycles. The zero-order valence-electron chi connectivity index (χ0n) is 9.36. The molecule has 0 aliphatic heterocycles. The van der Waals surface area contributed by atoms with Crippen molar-refractivity contribution >= 4 is 17.4 Å².